The second-order valence-electron chi connectivity index (χ2n) is 9.23. The largest absolute Gasteiger partial charge is 0.433 e. The van der Waals surface area contributed by atoms with E-state index >= 15 is 0 Å². The van der Waals surface area contributed by atoms with Crippen LogP contribution < -0.4 is 10.9 Å². The first kappa shape index (κ1) is 24.9. The average molecular weight is 553 g/mol. The number of amides is 1. The Labute approximate surface area is 224 Å². The topological polar surface area (TPSA) is 86.2 Å². The molecule has 5 aromatic rings. The summed E-state index contributed by atoms with van der Waals surface area (Å²) in [5.74, 6) is -0.928. The van der Waals surface area contributed by atoms with Crippen molar-refractivity contribution in [3.63, 3.8) is 0 Å². The van der Waals surface area contributed by atoms with Gasteiger partial charge in [-0.2, -0.15) is 18.3 Å². The van der Waals surface area contributed by atoms with Crippen molar-refractivity contribution in [2.24, 2.45) is 7.05 Å². The van der Waals surface area contributed by atoms with Crippen LogP contribution in [0.2, 0.25) is 5.02 Å². The molecule has 0 aliphatic heterocycles. The van der Waals surface area contributed by atoms with Crippen LogP contribution in [0.4, 0.5) is 18.9 Å². The summed E-state index contributed by atoms with van der Waals surface area (Å²) in [4.78, 5) is 31.0. The van der Waals surface area contributed by atoms with Gasteiger partial charge in [-0.05, 0) is 37.5 Å². The minimum Gasteiger partial charge on any atom is -0.314 e. The number of benzene rings is 2. The van der Waals surface area contributed by atoms with Crippen LogP contribution in [0.15, 0.2) is 59.4 Å². The highest BCUT2D eigenvalue weighted by Crippen LogP contribution is 2.41. The van der Waals surface area contributed by atoms with E-state index in [1.165, 1.54) is 4.68 Å². The van der Waals surface area contributed by atoms with Crippen LogP contribution in [0.3, 0.4) is 0 Å². The van der Waals surface area contributed by atoms with Crippen LogP contribution in [-0.2, 0) is 26.1 Å². The fourth-order valence-electron chi connectivity index (χ4n) is 5.07. The summed E-state index contributed by atoms with van der Waals surface area (Å²) < 4.78 is 46.7. The van der Waals surface area contributed by atoms with Crippen molar-refractivity contribution in [3.8, 4) is 16.9 Å². The second kappa shape index (κ2) is 8.84. The molecule has 3 aromatic heterocycles. The molecule has 2 aromatic carbocycles. The zero-order valence-corrected chi connectivity index (χ0v) is 21.4. The SMILES string of the molecule is Cc1c(NC(=O)c2nn3c(C(F)(F)F)c4c(nc3c2Cl)-c2ccccc2CC4)c(=O)n(-c2ccccc2)n1C. The van der Waals surface area contributed by atoms with Gasteiger partial charge in [-0.25, -0.2) is 14.2 Å². The molecule has 0 fully saturated rings. The van der Waals surface area contributed by atoms with Gasteiger partial charge in [0.25, 0.3) is 11.5 Å². The van der Waals surface area contributed by atoms with Crippen LogP contribution in [0.25, 0.3) is 22.6 Å². The molecule has 39 heavy (non-hydrogen) atoms. The minimum atomic E-state index is -4.79. The molecule has 1 aliphatic carbocycles. The lowest BCUT2D eigenvalue weighted by Crippen LogP contribution is -2.23. The molecular weight excluding hydrogens is 533 g/mol. The van der Waals surface area contributed by atoms with E-state index in [0.717, 1.165) is 5.56 Å². The number of para-hydroxylation sites is 1. The van der Waals surface area contributed by atoms with Crippen molar-refractivity contribution in [2.45, 2.75) is 25.9 Å². The van der Waals surface area contributed by atoms with Gasteiger partial charge in [0.15, 0.2) is 17.0 Å². The average Bonchev–Trinajstić information content (AvgIpc) is 3.35. The summed E-state index contributed by atoms with van der Waals surface area (Å²) >= 11 is 6.46. The molecule has 6 rings (SSSR count). The number of halogens is 4. The van der Waals surface area contributed by atoms with Gasteiger partial charge >= 0.3 is 6.18 Å². The smallest absolute Gasteiger partial charge is 0.314 e. The lowest BCUT2D eigenvalue weighted by atomic mass is 9.88. The summed E-state index contributed by atoms with van der Waals surface area (Å²) in [6.45, 7) is 1.64. The number of rotatable bonds is 3. The van der Waals surface area contributed by atoms with Gasteiger partial charge in [0.05, 0.1) is 17.1 Å². The van der Waals surface area contributed by atoms with Gasteiger partial charge in [0.1, 0.15) is 10.7 Å². The first-order valence-corrected chi connectivity index (χ1v) is 12.4. The van der Waals surface area contributed by atoms with Gasteiger partial charge in [-0.15, -0.1) is 0 Å². The summed E-state index contributed by atoms with van der Waals surface area (Å²) in [5, 5.41) is 6.12. The number of fused-ring (bicyclic) bond motifs is 4. The number of aryl methyl sites for hydroxylation is 1. The Kier molecular flexibility index (Phi) is 5.65. The number of carbonyl (C=O) groups excluding carboxylic acids is 1. The van der Waals surface area contributed by atoms with Gasteiger partial charge in [0, 0.05) is 18.2 Å². The highest BCUT2D eigenvalue weighted by molar-refractivity contribution is 6.37. The first-order chi connectivity index (χ1) is 18.6. The maximum Gasteiger partial charge on any atom is 0.433 e. The normalized spacial score (nSPS) is 12.9. The number of hydrogen-bond donors (Lipinski definition) is 1. The predicted octanol–water partition coefficient (Wildman–Crippen LogP) is 5.22. The van der Waals surface area contributed by atoms with Crippen molar-refractivity contribution in [2.75, 3.05) is 5.32 Å². The number of carbonyl (C=O) groups is 1. The molecule has 3 heterocycles. The fraction of sp³-hybridized carbons (Fsp3) is 0.185. The molecule has 0 unspecified atom stereocenters. The molecule has 1 aliphatic rings. The first-order valence-electron chi connectivity index (χ1n) is 12.0. The van der Waals surface area contributed by atoms with Crippen LogP contribution in [0.1, 0.15) is 33.0 Å². The molecule has 0 bridgehead atoms. The molecule has 12 heteroatoms. The maximum atomic E-state index is 14.4. The van der Waals surface area contributed by atoms with Crippen molar-refractivity contribution >= 4 is 28.8 Å². The highest BCUT2D eigenvalue weighted by atomic mass is 35.5. The number of hydrogen-bond acceptors (Lipinski definition) is 4. The van der Waals surface area contributed by atoms with Crippen molar-refractivity contribution in [1.29, 1.82) is 0 Å². The number of alkyl halides is 3. The maximum absolute atomic E-state index is 14.4. The van der Waals surface area contributed by atoms with Crippen molar-refractivity contribution in [1.82, 2.24) is 24.0 Å². The monoisotopic (exact) mass is 552 g/mol. The van der Waals surface area contributed by atoms with Gasteiger partial charge in [-0.3, -0.25) is 14.3 Å². The summed E-state index contributed by atoms with van der Waals surface area (Å²) in [7, 11) is 1.65. The standard InChI is InChI=1S/C27H20ClF3N6O2/c1-14-20(26(39)37(35(14)2)16-9-4-3-5-10-16)33-25(38)22-19(28)24-32-21-17-11-7-6-8-15(17)12-13-18(21)23(27(29,30)31)36(24)34-22/h3-11H,12-13H2,1-2H3,(H,33,38). The Bertz CT molecular complexity index is 1850. The van der Waals surface area contributed by atoms with Crippen LogP contribution in [0, 0.1) is 6.92 Å². The van der Waals surface area contributed by atoms with Crippen molar-refractivity contribution < 1.29 is 18.0 Å². The molecule has 0 atom stereocenters. The van der Waals surface area contributed by atoms with E-state index in [1.807, 2.05) is 12.1 Å². The van der Waals surface area contributed by atoms with Crippen LogP contribution >= 0.6 is 11.6 Å². The van der Waals surface area contributed by atoms with Crippen LogP contribution in [-0.4, -0.2) is 29.9 Å². The molecule has 0 spiro atoms. The van der Waals surface area contributed by atoms with Crippen molar-refractivity contribution in [3.05, 3.63) is 98.2 Å². The summed E-state index contributed by atoms with van der Waals surface area (Å²) in [6, 6.07) is 15.9. The van der Waals surface area contributed by atoms with E-state index in [9.17, 15) is 22.8 Å². The summed E-state index contributed by atoms with van der Waals surface area (Å²) in [5.41, 5.74) is 0.249. The Morgan fingerprint density at radius 3 is 2.46 bits per heavy atom. The lowest BCUT2D eigenvalue weighted by molar-refractivity contribution is -0.143. The second-order valence-corrected chi connectivity index (χ2v) is 9.61. The lowest BCUT2D eigenvalue weighted by Gasteiger charge is -2.23. The number of nitrogens with one attached hydrogen (secondary N) is 1. The fourth-order valence-corrected chi connectivity index (χ4v) is 5.31. The molecule has 8 nitrogen and oxygen atoms in total. The van der Waals surface area contributed by atoms with Crippen LogP contribution in [0.5, 0.6) is 0 Å². The van der Waals surface area contributed by atoms with E-state index < -0.39 is 29.0 Å². The van der Waals surface area contributed by atoms with E-state index in [1.54, 1.807) is 61.1 Å². The molecule has 1 amide bonds. The Balaban J connectivity index is 1.49. The third kappa shape index (κ3) is 3.84. The number of aromatic nitrogens is 5. The third-order valence-corrected chi connectivity index (χ3v) is 7.35. The summed E-state index contributed by atoms with van der Waals surface area (Å²) in [6.07, 6.45) is -4.28. The minimum absolute atomic E-state index is 0.00974. The molecular formula is C27H20ClF3N6O2. The molecule has 0 saturated carbocycles. The van der Waals surface area contributed by atoms with E-state index in [4.69, 9.17) is 11.6 Å². The molecule has 198 valence electrons. The van der Waals surface area contributed by atoms with Gasteiger partial charge in [-0.1, -0.05) is 54.1 Å². The van der Waals surface area contributed by atoms with E-state index in [2.05, 4.69) is 15.4 Å². The predicted molar refractivity (Wildman–Crippen MR) is 140 cm³/mol. The van der Waals surface area contributed by atoms with Gasteiger partial charge in [0.2, 0.25) is 0 Å². The van der Waals surface area contributed by atoms with Gasteiger partial charge < -0.3 is 5.32 Å². The zero-order chi connectivity index (χ0) is 27.6. The third-order valence-electron chi connectivity index (χ3n) is 7.00. The van der Waals surface area contributed by atoms with E-state index in [-0.39, 0.29) is 34.0 Å². The zero-order valence-electron chi connectivity index (χ0n) is 20.7. The molecule has 0 saturated heterocycles. The Morgan fingerprint density at radius 1 is 1.05 bits per heavy atom. The highest BCUT2D eigenvalue weighted by Gasteiger charge is 2.41. The Morgan fingerprint density at radius 2 is 1.74 bits per heavy atom. The van der Waals surface area contributed by atoms with E-state index in [0.29, 0.717) is 27.9 Å². The number of anilines is 1. The quantitative estimate of drug-likeness (QED) is 0.333. The molecule has 0 radical (unpaired) electrons. The molecule has 1 N–H and O–H groups in total. The number of nitrogens with zero attached hydrogens (tertiary/aromatic N) is 5. The Hall–Kier alpha value is -4.38.